The third-order valence-corrected chi connectivity index (χ3v) is 3.39. The lowest BCUT2D eigenvalue weighted by Gasteiger charge is -2.05. The predicted molar refractivity (Wildman–Crippen MR) is 72.1 cm³/mol. The molecule has 2 nitrogen and oxygen atoms in total. The molecule has 0 amide bonds. The molecular weight excluding hydrogens is 257 g/mol. The molecule has 17 heavy (non-hydrogen) atoms. The minimum absolute atomic E-state index is 0.146. The molecule has 0 fully saturated rings. The van der Waals surface area contributed by atoms with Gasteiger partial charge in [0.25, 0.3) is 0 Å². The van der Waals surface area contributed by atoms with Crippen LogP contribution >= 0.6 is 23.2 Å². The van der Waals surface area contributed by atoms with Crippen molar-refractivity contribution in [3.8, 4) is 0 Å². The van der Waals surface area contributed by atoms with Crippen LogP contribution in [0.5, 0.6) is 0 Å². The van der Waals surface area contributed by atoms with E-state index in [9.17, 15) is 4.79 Å². The van der Waals surface area contributed by atoms with E-state index in [4.69, 9.17) is 23.2 Å². The Bertz CT molecular complexity index is 792. The van der Waals surface area contributed by atoms with Gasteiger partial charge in [-0.25, -0.2) is 0 Å². The van der Waals surface area contributed by atoms with Crippen molar-refractivity contribution in [3.05, 3.63) is 56.8 Å². The Balaban J connectivity index is 2.71. The molecule has 0 aliphatic carbocycles. The van der Waals surface area contributed by atoms with Gasteiger partial charge in [0, 0.05) is 11.6 Å². The zero-order chi connectivity index (χ0) is 12.0. The molecule has 0 bridgehead atoms. The summed E-state index contributed by atoms with van der Waals surface area (Å²) in [5.41, 5.74) is 0.568. The first-order valence-electron chi connectivity index (χ1n) is 5.06. The summed E-state index contributed by atoms with van der Waals surface area (Å²) in [6, 6.07) is 9.06. The number of hydrogen-bond donors (Lipinski definition) is 1. The van der Waals surface area contributed by atoms with Crippen LogP contribution in [0.2, 0.25) is 10.0 Å². The Hall–Kier alpha value is -1.51. The van der Waals surface area contributed by atoms with E-state index in [0.29, 0.717) is 10.4 Å². The van der Waals surface area contributed by atoms with Crippen molar-refractivity contribution in [3.63, 3.8) is 0 Å². The largest absolute Gasteiger partial charge is 0.361 e. The van der Waals surface area contributed by atoms with E-state index in [-0.39, 0.29) is 10.5 Å². The van der Waals surface area contributed by atoms with Gasteiger partial charge >= 0.3 is 0 Å². The first kappa shape index (κ1) is 10.6. The molecule has 3 aromatic rings. The lowest BCUT2D eigenvalue weighted by atomic mass is 10.1. The van der Waals surface area contributed by atoms with Crippen molar-refractivity contribution in [2.24, 2.45) is 0 Å². The van der Waals surface area contributed by atoms with Crippen molar-refractivity contribution in [1.29, 1.82) is 0 Å². The highest BCUT2D eigenvalue weighted by Gasteiger charge is 2.10. The fourth-order valence-electron chi connectivity index (χ4n) is 2.01. The number of aromatic amines is 1. The minimum Gasteiger partial charge on any atom is -0.361 e. The Labute approximate surface area is 107 Å². The number of pyridine rings is 1. The first-order chi connectivity index (χ1) is 8.18. The van der Waals surface area contributed by atoms with Crippen LogP contribution in [0.15, 0.2) is 41.3 Å². The van der Waals surface area contributed by atoms with Gasteiger partial charge in [-0.2, -0.15) is 0 Å². The maximum absolute atomic E-state index is 12.1. The molecule has 1 aromatic heterocycles. The molecule has 0 aliphatic rings. The molecule has 1 N–H and O–H groups in total. The SMILES string of the molecule is O=c1c(Cl)cc(Cl)c2ccc3ccc[nH]c3c12. The standard InChI is InChI=1S/C13H7Cl2NO/c14-9-6-10(15)13(17)11-8(9)4-3-7-2-1-5-16-12(7)11/h1-6,16H. The summed E-state index contributed by atoms with van der Waals surface area (Å²) < 4.78 is 0. The molecule has 2 aromatic carbocycles. The summed E-state index contributed by atoms with van der Waals surface area (Å²) in [5, 5.41) is 2.85. The number of aromatic nitrogens is 1. The number of benzene rings is 2. The average Bonchev–Trinajstić information content (AvgIpc) is 2.35. The Morgan fingerprint density at radius 1 is 1.06 bits per heavy atom. The number of nitrogens with one attached hydrogen (secondary N) is 1. The number of hydrogen-bond acceptors (Lipinski definition) is 1. The van der Waals surface area contributed by atoms with Crippen molar-refractivity contribution in [1.82, 2.24) is 4.98 Å². The second-order valence-electron chi connectivity index (χ2n) is 3.79. The van der Waals surface area contributed by atoms with Crippen molar-refractivity contribution in [2.45, 2.75) is 0 Å². The van der Waals surface area contributed by atoms with E-state index in [1.54, 1.807) is 6.20 Å². The van der Waals surface area contributed by atoms with Crippen LogP contribution < -0.4 is 5.43 Å². The van der Waals surface area contributed by atoms with Crippen molar-refractivity contribution >= 4 is 44.9 Å². The fraction of sp³-hybridized carbons (Fsp3) is 0. The van der Waals surface area contributed by atoms with Crippen LogP contribution in [-0.4, -0.2) is 4.98 Å². The summed E-state index contributed by atoms with van der Waals surface area (Å²) in [6.07, 6.45) is 1.77. The molecule has 0 radical (unpaired) electrons. The summed E-state index contributed by atoms with van der Waals surface area (Å²) in [4.78, 5) is 15.2. The molecule has 0 atom stereocenters. The summed E-state index contributed by atoms with van der Waals surface area (Å²) in [6.45, 7) is 0. The lowest BCUT2D eigenvalue weighted by Crippen LogP contribution is -2.03. The van der Waals surface area contributed by atoms with Crippen LogP contribution in [-0.2, 0) is 0 Å². The average molecular weight is 264 g/mol. The van der Waals surface area contributed by atoms with Crippen LogP contribution in [0.3, 0.4) is 0 Å². The van der Waals surface area contributed by atoms with Gasteiger partial charge in [-0.1, -0.05) is 41.4 Å². The van der Waals surface area contributed by atoms with Crippen LogP contribution in [0.1, 0.15) is 0 Å². The zero-order valence-electron chi connectivity index (χ0n) is 8.63. The molecule has 4 heteroatoms. The molecule has 1 heterocycles. The topological polar surface area (TPSA) is 32.9 Å². The Kier molecular flexibility index (Phi) is 2.35. The van der Waals surface area contributed by atoms with Gasteiger partial charge in [0.05, 0.1) is 20.9 Å². The molecule has 84 valence electrons. The second kappa shape index (κ2) is 3.76. The highest BCUT2D eigenvalue weighted by atomic mass is 35.5. The third kappa shape index (κ3) is 1.53. The number of fused-ring (bicyclic) bond motifs is 3. The lowest BCUT2D eigenvalue weighted by molar-refractivity contribution is 1.42. The minimum atomic E-state index is -0.195. The molecule has 0 unspecified atom stereocenters. The van der Waals surface area contributed by atoms with E-state index in [2.05, 4.69) is 4.98 Å². The summed E-state index contributed by atoms with van der Waals surface area (Å²) >= 11 is 12.0. The maximum Gasteiger partial charge on any atom is 0.207 e. The van der Waals surface area contributed by atoms with Crippen LogP contribution in [0.25, 0.3) is 21.7 Å². The molecular formula is C13H7Cl2NO. The summed E-state index contributed by atoms with van der Waals surface area (Å²) in [7, 11) is 0. The normalized spacial score (nSPS) is 11.2. The molecule has 0 aliphatic heterocycles. The van der Waals surface area contributed by atoms with Gasteiger partial charge in [-0.3, -0.25) is 4.79 Å². The molecule has 0 saturated heterocycles. The van der Waals surface area contributed by atoms with Crippen molar-refractivity contribution in [2.75, 3.05) is 0 Å². The third-order valence-electron chi connectivity index (χ3n) is 2.79. The van der Waals surface area contributed by atoms with Gasteiger partial charge in [0.1, 0.15) is 0 Å². The number of rotatable bonds is 0. The van der Waals surface area contributed by atoms with Crippen LogP contribution in [0.4, 0.5) is 0 Å². The van der Waals surface area contributed by atoms with Gasteiger partial charge in [-0.05, 0) is 17.5 Å². The van der Waals surface area contributed by atoms with E-state index in [1.807, 2.05) is 24.3 Å². The molecule has 0 saturated carbocycles. The quantitative estimate of drug-likeness (QED) is 0.612. The zero-order valence-corrected chi connectivity index (χ0v) is 10.1. The molecule has 3 rings (SSSR count). The predicted octanol–water partition coefficient (Wildman–Crippen LogP) is 3.99. The number of halogens is 2. The van der Waals surface area contributed by atoms with Gasteiger partial charge < -0.3 is 4.98 Å². The van der Waals surface area contributed by atoms with Crippen LogP contribution in [0, 0.1) is 0 Å². The highest BCUT2D eigenvalue weighted by Crippen LogP contribution is 2.28. The van der Waals surface area contributed by atoms with E-state index >= 15 is 0 Å². The smallest absolute Gasteiger partial charge is 0.207 e. The van der Waals surface area contributed by atoms with Gasteiger partial charge in [-0.15, -0.1) is 0 Å². The van der Waals surface area contributed by atoms with Crippen molar-refractivity contribution < 1.29 is 0 Å². The Morgan fingerprint density at radius 2 is 1.88 bits per heavy atom. The molecule has 0 spiro atoms. The fourth-order valence-corrected chi connectivity index (χ4v) is 2.53. The van der Waals surface area contributed by atoms with E-state index in [0.717, 1.165) is 16.3 Å². The number of H-pyrrole nitrogens is 1. The monoisotopic (exact) mass is 263 g/mol. The highest BCUT2D eigenvalue weighted by molar-refractivity contribution is 6.39. The van der Waals surface area contributed by atoms with E-state index < -0.39 is 0 Å². The van der Waals surface area contributed by atoms with E-state index in [1.165, 1.54) is 6.07 Å². The van der Waals surface area contributed by atoms with Gasteiger partial charge in [0.2, 0.25) is 5.43 Å². The Morgan fingerprint density at radius 3 is 2.71 bits per heavy atom. The first-order valence-corrected chi connectivity index (χ1v) is 5.82. The second-order valence-corrected chi connectivity index (χ2v) is 4.61. The summed E-state index contributed by atoms with van der Waals surface area (Å²) in [5.74, 6) is 0. The van der Waals surface area contributed by atoms with Gasteiger partial charge in [0.15, 0.2) is 0 Å². The maximum atomic E-state index is 12.1.